The fourth-order valence-corrected chi connectivity index (χ4v) is 2.46. The van der Waals surface area contributed by atoms with E-state index in [4.69, 9.17) is 0 Å². The highest BCUT2D eigenvalue weighted by Crippen LogP contribution is 2.25. The number of anilines is 1. The molecule has 2 aromatic carbocycles. The third kappa shape index (κ3) is 3.26. The Morgan fingerprint density at radius 1 is 1.11 bits per heavy atom. The maximum absolute atomic E-state index is 12.1. The number of rotatable bonds is 3. The smallest absolute Gasteiger partial charge is 0.255 e. The van der Waals surface area contributed by atoms with Crippen molar-refractivity contribution >= 4 is 45.9 Å². The summed E-state index contributed by atoms with van der Waals surface area (Å²) in [4.78, 5) is 13.1. The molecule has 0 aliphatic heterocycles. The average molecular weight is 369 g/mol. The number of nitrogens with one attached hydrogen (secondary N) is 1. The zero-order valence-electron chi connectivity index (χ0n) is 9.81. The fraction of sp³-hybridized carbons (Fsp3) is 0.0714. The van der Waals surface area contributed by atoms with Gasteiger partial charge in [-0.1, -0.05) is 12.1 Å². The van der Waals surface area contributed by atoms with Crippen LogP contribution in [-0.4, -0.2) is 12.2 Å². The maximum Gasteiger partial charge on any atom is 0.255 e. The Kier molecular flexibility index (Phi) is 4.66. The molecule has 0 aliphatic carbocycles. The first-order valence-corrected chi connectivity index (χ1v) is 7.71. The Hall–Kier alpha value is -1.01. The lowest BCUT2D eigenvalue weighted by Gasteiger charge is -2.09. The van der Waals surface area contributed by atoms with E-state index in [1.807, 2.05) is 54.8 Å². The van der Waals surface area contributed by atoms with Crippen LogP contribution in [0.25, 0.3) is 0 Å². The van der Waals surface area contributed by atoms with Crippen LogP contribution in [0.3, 0.4) is 0 Å². The summed E-state index contributed by atoms with van der Waals surface area (Å²) in [5.74, 6) is -0.0760. The number of benzene rings is 2. The van der Waals surface area contributed by atoms with Gasteiger partial charge in [-0.15, -0.1) is 11.8 Å². The quantitative estimate of drug-likeness (QED) is 0.647. The summed E-state index contributed by atoms with van der Waals surface area (Å²) in [6.07, 6.45) is 2.00. The number of hydrogen-bond acceptors (Lipinski definition) is 2. The molecule has 18 heavy (non-hydrogen) atoms. The topological polar surface area (TPSA) is 29.1 Å². The number of thioether (sulfide) groups is 1. The second kappa shape index (κ2) is 6.24. The van der Waals surface area contributed by atoms with Crippen LogP contribution in [0, 0.1) is 3.57 Å². The van der Waals surface area contributed by atoms with Crippen molar-refractivity contribution in [3.8, 4) is 0 Å². The lowest BCUT2D eigenvalue weighted by atomic mass is 10.2. The van der Waals surface area contributed by atoms with Crippen molar-refractivity contribution in [2.24, 2.45) is 0 Å². The van der Waals surface area contributed by atoms with E-state index in [0.29, 0.717) is 5.56 Å². The van der Waals surface area contributed by atoms with E-state index in [-0.39, 0.29) is 5.91 Å². The minimum absolute atomic E-state index is 0.0760. The molecule has 0 radical (unpaired) electrons. The first-order valence-electron chi connectivity index (χ1n) is 5.40. The van der Waals surface area contributed by atoms with E-state index < -0.39 is 0 Å². The van der Waals surface area contributed by atoms with Gasteiger partial charge in [0, 0.05) is 14.0 Å². The molecular weight excluding hydrogens is 357 g/mol. The first kappa shape index (κ1) is 13.4. The second-order valence-corrected chi connectivity index (χ2v) is 5.76. The summed E-state index contributed by atoms with van der Waals surface area (Å²) in [5, 5.41) is 2.93. The highest BCUT2D eigenvalue weighted by Gasteiger charge is 2.08. The summed E-state index contributed by atoms with van der Waals surface area (Å²) < 4.78 is 1.12. The highest BCUT2D eigenvalue weighted by molar-refractivity contribution is 14.1. The van der Waals surface area contributed by atoms with Crippen LogP contribution in [-0.2, 0) is 0 Å². The Bertz CT molecular complexity index is 554. The van der Waals surface area contributed by atoms with Crippen molar-refractivity contribution in [1.29, 1.82) is 0 Å². The van der Waals surface area contributed by atoms with Crippen molar-refractivity contribution in [1.82, 2.24) is 0 Å². The van der Waals surface area contributed by atoms with E-state index in [2.05, 4.69) is 27.9 Å². The largest absolute Gasteiger partial charge is 0.321 e. The lowest BCUT2D eigenvalue weighted by molar-refractivity contribution is 0.102. The van der Waals surface area contributed by atoms with E-state index >= 15 is 0 Å². The van der Waals surface area contributed by atoms with Crippen LogP contribution in [0.5, 0.6) is 0 Å². The lowest BCUT2D eigenvalue weighted by Crippen LogP contribution is -2.12. The van der Waals surface area contributed by atoms with E-state index in [1.165, 1.54) is 0 Å². The Balaban J connectivity index is 2.18. The molecule has 0 spiro atoms. The van der Waals surface area contributed by atoms with Crippen LogP contribution in [0.2, 0.25) is 0 Å². The third-order valence-electron chi connectivity index (χ3n) is 2.46. The van der Waals surface area contributed by atoms with E-state index in [0.717, 1.165) is 14.2 Å². The molecule has 0 saturated carbocycles. The molecule has 0 heterocycles. The van der Waals surface area contributed by atoms with Crippen LogP contribution in [0.15, 0.2) is 53.4 Å². The van der Waals surface area contributed by atoms with Gasteiger partial charge in [-0.05, 0) is 65.2 Å². The van der Waals surface area contributed by atoms with Crippen molar-refractivity contribution < 1.29 is 4.79 Å². The van der Waals surface area contributed by atoms with Crippen molar-refractivity contribution in [3.05, 3.63) is 57.7 Å². The summed E-state index contributed by atoms with van der Waals surface area (Å²) in [7, 11) is 0. The summed E-state index contributed by atoms with van der Waals surface area (Å²) in [6.45, 7) is 0. The van der Waals surface area contributed by atoms with Crippen LogP contribution in [0.4, 0.5) is 5.69 Å². The average Bonchev–Trinajstić information content (AvgIpc) is 2.40. The summed E-state index contributed by atoms with van der Waals surface area (Å²) in [6, 6.07) is 15.3. The van der Waals surface area contributed by atoms with Crippen molar-refractivity contribution in [3.63, 3.8) is 0 Å². The summed E-state index contributed by atoms with van der Waals surface area (Å²) in [5.41, 5.74) is 1.53. The number of amides is 1. The molecule has 4 heteroatoms. The minimum atomic E-state index is -0.0760. The van der Waals surface area contributed by atoms with Gasteiger partial charge in [0.25, 0.3) is 5.91 Å². The predicted octanol–water partition coefficient (Wildman–Crippen LogP) is 4.27. The SMILES string of the molecule is CSc1ccccc1NC(=O)c1ccc(I)cc1. The third-order valence-corrected chi connectivity index (χ3v) is 3.98. The zero-order valence-corrected chi connectivity index (χ0v) is 12.8. The van der Waals surface area contributed by atoms with Gasteiger partial charge in [0.1, 0.15) is 0 Å². The van der Waals surface area contributed by atoms with E-state index in [1.54, 1.807) is 11.8 Å². The maximum atomic E-state index is 12.1. The standard InChI is InChI=1S/C14H12INOS/c1-18-13-5-3-2-4-12(13)16-14(17)10-6-8-11(15)9-7-10/h2-9H,1H3,(H,16,17). The van der Waals surface area contributed by atoms with Crippen molar-refractivity contribution in [2.75, 3.05) is 11.6 Å². The molecule has 1 N–H and O–H groups in total. The Morgan fingerprint density at radius 3 is 2.44 bits per heavy atom. The van der Waals surface area contributed by atoms with Gasteiger partial charge < -0.3 is 5.32 Å². The molecule has 2 nitrogen and oxygen atoms in total. The molecule has 1 amide bonds. The first-order chi connectivity index (χ1) is 8.70. The van der Waals surface area contributed by atoms with Gasteiger partial charge in [-0.3, -0.25) is 4.79 Å². The number of carbonyl (C=O) groups is 1. The molecule has 92 valence electrons. The Labute approximate surface area is 124 Å². The predicted molar refractivity (Wildman–Crippen MR) is 85.3 cm³/mol. The number of para-hydroxylation sites is 1. The highest BCUT2D eigenvalue weighted by atomic mass is 127. The molecule has 0 saturated heterocycles. The van der Waals surface area contributed by atoms with Gasteiger partial charge in [-0.25, -0.2) is 0 Å². The monoisotopic (exact) mass is 369 g/mol. The van der Waals surface area contributed by atoms with Crippen LogP contribution in [0.1, 0.15) is 10.4 Å². The normalized spacial score (nSPS) is 10.1. The summed E-state index contributed by atoms with van der Waals surface area (Å²) >= 11 is 3.84. The molecule has 0 atom stereocenters. The van der Waals surface area contributed by atoms with Gasteiger partial charge in [0.05, 0.1) is 5.69 Å². The molecule has 2 aromatic rings. The molecule has 0 fully saturated rings. The van der Waals surface area contributed by atoms with Gasteiger partial charge in [0.2, 0.25) is 0 Å². The number of halogens is 1. The molecule has 0 bridgehead atoms. The Morgan fingerprint density at radius 2 is 1.78 bits per heavy atom. The van der Waals surface area contributed by atoms with E-state index in [9.17, 15) is 4.79 Å². The fourth-order valence-electron chi connectivity index (χ4n) is 1.54. The molecule has 0 unspecified atom stereocenters. The molecule has 2 rings (SSSR count). The van der Waals surface area contributed by atoms with Crippen LogP contribution < -0.4 is 5.32 Å². The zero-order chi connectivity index (χ0) is 13.0. The minimum Gasteiger partial charge on any atom is -0.321 e. The number of hydrogen-bond donors (Lipinski definition) is 1. The molecular formula is C14H12INOS. The van der Waals surface area contributed by atoms with Crippen molar-refractivity contribution in [2.45, 2.75) is 4.90 Å². The number of carbonyl (C=O) groups excluding carboxylic acids is 1. The second-order valence-electron chi connectivity index (χ2n) is 3.66. The molecule has 0 aliphatic rings. The van der Waals surface area contributed by atoms with Gasteiger partial charge in [-0.2, -0.15) is 0 Å². The van der Waals surface area contributed by atoms with Crippen LogP contribution >= 0.6 is 34.4 Å². The van der Waals surface area contributed by atoms with Gasteiger partial charge in [0.15, 0.2) is 0 Å². The molecule has 0 aromatic heterocycles. The van der Waals surface area contributed by atoms with Gasteiger partial charge >= 0.3 is 0 Å².